The number of ether oxygens (including phenoxy) is 1. The molecule has 0 aliphatic heterocycles. The van der Waals surface area contributed by atoms with Crippen LogP contribution in [0.1, 0.15) is 49.6 Å². The summed E-state index contributed by atoms with van der Waals surface area (Å²) in [6.07, 6.45) is 2.48. The van der Waals surface area contributed by atoms with Crippen LogP contribution in [0.3, 0.4) is 0 Å². The van der Waals surface area contributed by atoms with E-state index in [1.165, 1.54) is 12.8 Å². The van der Waals surface area contributed by atoms with Gasteiger partial charge in [0, 0.05) is 23.2 Å². The summed E-state index contributed by atoms with van der Waals surface area (Å²) >= 11 is 0. The maximum atomic E-state index is 12.5. The summed E-state index contributed by atoms with van der Waals surface area (Å²) in [5.74, 6) is 7.73. The number of nitrogens with zero attached hydrogens (tertiary/aromatic N) is 1. The number of hydrogen-bond donors (Lipinski definition) is 0. The molecule has 2 aromatic rings. The van der Waals surface area contributed by atoms with Crippen LogP contribution in [-0.4, -0.2) is 11.2 Å². The van der Waals surface area contributed by atoms with Crippen molar-refractivity contribution in [3.05, 3.63) is 63.6 Å². The molecule has 1 aliphatic carbocycles. The van der Waals surface area contributed by atoms with Crippen LogP contribution >= 0.6 is 0 Å². The van der Waals surface area contributed by atoms with Crippen LogP contribution in [-0.2, 0) is 0 Å². The number of benzene rings is 1. The molecule has 3 nitrogen and oxygen atoms in total. The lowest BCUT2D eigenvalue weighted by atomic mass is 10.1. The molecule has 1 fully saturated rings. The summed E-state index contributed by atoms with van der Waals surface area (Å²) in [7, 11) is 0. The highest BCUT2D eigenvalue weighted by Gasteiger charge is 2.17. The van der Waals surface area contributed by atoms with Crippen LogP contribution in [0.25, 0.3) is 0 Å². The molecule has 0 bridgehead atoms. The van der Waals surface area contributed by atoms with Crippen molar-refractivity contribution in [3.63, 3.8) is 0 Å². The lowest BCUT2D eigenvalue weighted by molar-refractivity contribution is 0.337. The molecule has 1 aliphatic rings. The van der Waals surface area contributed by atoms with E-state index >= 15 is 0 Å². The Morgan fingerprint density at radius 1 is 1.25 bits per heavy atom. The van der Waals surface area contributed by atoms with E-state index in [1.807, 2.05) is 39.0 Å². The van der Waals surface area contributed by atoms with Crippen LogP contribution < -0.4 is 10.3 Å². The summed E-state index contributed by atoms with van der Waals surface area (Å²) in [4.78, 5) is 12.5. The Hall–Kier alpha value is -2.47. The fourth-order valence-corrected chi connectivity index (χ4v) is 2.84. The zero-order valence-corrected chi connectivity index (χ0v) is 14.5. The van der Waals surface area contributed by atoms with Gasteiger partial charge < -0.3 is 9.30 Å². The summed E-state index contributed by atoms with van der Waals surface area (Å²) in [5.41, 5.74) is 2.99. The number of pyridine rings is 1. The smallest absolute Gasteiger partial charge is 0.254 e. The van der Waals surface area contributed by atoms with Gasteiger partial charge in [-0.05, 0) is 57.4 Å². The Balaban J connectivity index is 1.84. The highest BCUT2D eigenvalue weighted by molar-refractivity contribution is 5.38. The fourth-order valence-electron chi connectivity index (χ4n) is 2.84. The number of hydrogen-bond acceptors (Lipinski definition) is 2. The van der Waals surface area contributed by atoms with Gasteiger partial charge in [0.2, 0.25) is 0 Å². The molecule has 0 saturated heterocycles. The Morgan fingerprint density at radius 2 is 1.96 bits per heavy atom. The maximum absolute atomic E-state index is 12.5. The third-order valence-electron chi connectivity index (χ3n) is 4.32. The van der Waals surface area contributed by atoms with Crippen molar-refractivity contribution in [1.29, 1.82) is 0 Å². The maximum Gasteiger partial charge on any atom is 0.254 e. The molecule has 1 heterocycles. The standard InChI is InChI=1S/C21H23NO2/c1-4-24-20-13-15(2)22(21(23)14-20)16(3)19-11-9-18(10-12-19)8-7-17-5-6-17/h9-14,16-17H,4-6H2,1-3H3/t16-/m1/s1. The van der Waals surface area contributed by atoms with E-state index in [-0.39, 0.29) is 11.6 Å². The SMILES string of the molecule is CCOc1cc(C)n([C@H](C)c2ccc(C#CC3CC3)cc2)c(=O)c1. The molecule has 3 heteroatoms. The van der Waals surface area contributed by atoms with E-state index in [2.05, 4.69) is 24.0 Å². The van der Waals surface area contributed by atoms with E-state index in [0.717, 1.165) is 16.8 Å². The quantitative estimate of drug-likeness (QED) is 0.799. The van der Waals surface area contributed by atoms with E-state index in [0.29, 0.717) is 18.3 Å². The van der Waals surface area contributed by atoms with Crippen LogP contribution in [0.15, 0.2) is 41.2 Å². The van der Waals surface area contributed by atoms with Gasteiger partial charge in [-0.15, -0.1) is 0 Å². The van der Waals surface area contributed by atoms with Crippen LogP contribution in [0.2, 0.25) is 0 Å². The predicted molar refractivity (Wildman–Crippen MR) is 96.5 cm³/mol. The number of aromatic nitrogens is 1. The molecular weight excluding hydrogens is 298 g/mol. The molecular formula is C21H23NO2. The molecule has 124 valence electrons. The molecule has 1 aromatic heterocycles. The lowest BCUT2D eigenvalue weighted by Gasteiger charge is -2.19. The van der Waals surface area contributed by atoms with Gasteiger partial charge in [0.05, 0.1) is 12.6 Å². The Labute approximate surface area is 143 Å². The first-order valence-corrected chi connectivity index (χ1v) is 8.56. The molecule has 0 unspecified atom stereocenters. The molecule has 3 rings (SSSR count). The highest BCUT2D eigenvalue weighted by atomic mass is 16.5. The number of rotatable bonds is 4. The fraction of sp³-hybridized carbons (Fsp3) is 0.381. The second-order valence-electron chi connectivity index (χ2n) is 6.32. The van der Waals surface area contributed by atoms with Crippen molar-refractivity contribution in [2.24, 2.45) is 5.92 Å². The normalized spacial score (nSPS) is 14.6. The van der Waals surface area contributed by atoms with Gasteiger partial charge in [0.1, 0.15) is 5.75 Å². The molecule has 24 heavy (non-hydrogen) atoms. The van der Waals surface area contributed by atoms with Crippen molar-refractivity contribution in [1.82, 2.24) is 4.57 Å². The molecule has 0 N–H and O–H groups in total. The first-order valence-electron chi connectivity index (χ1n) is 8.56. The third kappa shape index (κ3) is 3.71. The van der Waals surface area contributed by atoms with Gasteiger partial charge in [0.25, 0.3) is 5.56 Å². The van der Waals surface area contributed by atoms with Gasteiger partial charge in [-0.2, -0.15) is 0 Å². The van der Waals surface area contributed by atoms with Gasteiger partial charge in [-0.25, -0.2) is 0 Å². The van der Waals surface area contributed by atoms with E-state index in [1.54, 1.807) is 10.6 Å². The average Bonchev–Trinajstić information content (AvgIpc) is 3.37. The topological polar surface area (TPSA) is 31.2 Å². The van der Waals surface area contributed by atoms with Crippen LogP contribution in [0, 0.1) is 24.7 Å². The van der Waals surface area contributed by atoms with Gasteiger partial charge in [0.15, 0.2) is 0 Å². The largest absolute Gasteiger partial charge is 0.494 e. The molecule has 0 radical (unpaired) electrons. The third-order valence-corrected chi connectivity index (χ3v) is 4.32. The average molecular weight is 321 g/mol. The van der Waals surface area contributed by atoms with Gasteiger partial charge in [-0.1, -0.05) is 24.0 Å². The molecule has 1 atom stereocenters. The summed E-state index contributed by atoms with van der Waals surface area (Å²) in [6, 6.07) is 11.6. The summed E-state index contributed by atoms with van der Waals surface area (Å²) < 4.78 is 7.25. The van der Waals surface area contributed by atoms with Crippen LogP contribution in [0.4, 0.5) is 0 Å². The first kappa shape index (κ1) is 16.4. The van der Waals surface area contributed by atoms with E-state index in [4.69, 9.17) is 4.74 Å². The minimum Gasteiger partial charge on any atom is -0.494 e. The monoisotopic (exact) mass is 321 g/mol. The van der Waals surface area contributed by atoms with Crippen molar-refractivity contribution < 1.29 is 4.74 Å². The van der Waals surface area contributed by atoms with Crippen molar-refractivity contribution in [3.8, 4) is 17.6 Å². The second-order valence-corrected chi connectivity index (χ2v) is 6.32. The van der Waals surface area contributed by atoms with Crippen LogP contribution in [0.5, 0.6) is 5.75 Å². The summed E-state index contributed by atoms with van der Waals surface area (Å²) in [6.45, 7) is 6.45. The minimum absolute atomic E-state index is 0.0291. The zero-order chi connectivity index (χ0) is 17.1. The van der Waals surface area contributed by atoms with Gasteiger partial charge in [-0.3, -0.25) is 4.79 Å². The first-order chi connectivity index (χ1) is 11.6. The highest BCUT2D eigenvalue weighted by Crippen LogP contribution is 2.27. The Bertz CT molecular complexity index is 833. The van der Waals surface area contributed by atoms with Crippen molar-refractivity contribution >= 4 is 0 Å². The number of aryl methyl sites for hydroxylation is 1. The Morgan fingerprint density at radius 3 is 2.54 bits per heavy atom. The summed E-state index contributed by atoms with van der Waals surface area (Å²) in [5, 5.41) is 0. The van der Waals surface area contributed by atoms with Crippen molar-refractivity contribution in [2.75, 3.05) is 6.61 Å². The van der Waals surface area contributed by atoms with E-state index in [9.17, 15) is 4.79 Å². The molecule has 0 spiro atoms. The van der Waals surface area contributed by atoms with E-state index < -0.39 is 0 Å². The van der Waals surface area contributed by atoms with Gasteiger partial charge >= 0.3 is 0 Å². The molecule has 1 aromatic carbocycles. The van der Waals surface area contributed by atoms with Crippen molar-refractivity contribution in [2.45, 2.75) is 39.7 Å². The zero-order valence-electron chi connectivity index (χ0n) is 14.5. The predicted octanol–water partition coefficient (Wildman–Crippen LogP) is 3.93. The lowest BCUT2D eigenvalue weighted by Crippen LogP contribution is -2.25. The molecule has 1 saturated carbocycles. The molecule has 0 amide bonds. The second kappa shape index (κ2) is 6.97. The minimum atomic E-state index is -0.0384. The Kier molecular flexibility index (Phi) is 4.76.